The lowest BCUT2D eigenvalue weighted by atomic mass is 10.3. The SMILES string of the molecule is C(=C\c1nc2ccccc2[nH]1)/c1ccccn1. The Hall–Kier alpha value is -2.42. The highest BCUT2D eigenvalue weighted by molar-refractivity contribution is 5.78. The molecule has 0 saturated carbocycles. The second kappa shape index (κ2) is 4.22. The van der Waals surface area contributed by atoms with Crippen LogP contribution >= 0.6 is 0 Å². The standard InChI is InChI=1S/C14H11N3/c1-2-7-13-12(6-1)16-14(17-13)9-8-11-5-3-4-10-15-11/h1-10H,(H,16,17)/b9-8+. The number of nitrogens with zero attached hydrogens (tertiary/aromatic N) is 2. The molecule has 3 aromatic rings. The molecule has 0 amide bonds. The van der Waals surface area contributed by atoms with Crippen molar-refractivity contribution in [2.45, 2.75) is 0 Å². The van der Waals surface area contributed by atoms with Gasteiger partial charge < -0.3 is 4.98 Å². The van der Waals surface area contributed by atoms with E-state index in [1.165, 1.54) is 0 Å². The van der Waals surface area contributed by atoms with Gasteiger partial charge in [-0.3, -0.25) is 4.98 Å². The molecule has 82 valence electrons. The molecule has 0 aliphatic rings. The Bertz CT molecular complexity index is 620. The number of hydrogen-bond donors (Lipinski definition) is 1. The molecule has 3 heteroatoms. The van der Waals surface area contributed by atoms with E-state index in [0.29, 0.717) is 0 Å². The molecule has 0 bridgehead atoms. The van der Waals surface area contributed by atoms with Crippen molar-refractivity contribution in [2.24, 2.45) is 0 Å². The number of benzene rings is 1. The number of aromatic amines is 1. The Kier molecular flexibility index (Phi) is 2.43. The summed E-state index contributed by atoms with van der Waals surface area (Å²) < 4.78 is 0. The van der Waals surface area contributed by atoms with Gasteiger partial charge in [0, 0.05) is 6.20 Å². The van der Waals surface area contributed by atoms with Gasteiger partial charge in [0.15, 0.2) is 0 Å². The van der Waals surface area contributed by atoms with Gasteiger partial charge >= 0.3 is 0 Å². The summed E-state index contributed by atoms with van der Waals surface area (Å²) in [5, 5.41) is 0. The van der Waals surface area contributed by atoms with E-state index in [-0.39, 0.29) is 0 Å². The fourth-order valence-corrected chi connectivity index (χ4v) is 1.69. The van der Waals surface area contributed by atoms with Crippen LogP contribution in [-0.2, 0) is 0 Å². The molecule has 3 rings (SSSR count). The van der Waals surface area contributed by atoms with Crippen molar-refractivity contribution in [2.75, 3.05) is 0 Å². The van der Waals surface area contributed by atoms with Crippen LogP contribution in [0.2, 0.25) is 0 Å². The van der Waals surface area contributed by atoms with Crippen molar-refractivity contribution in [1.82, 2.24) is 15.0 Å². The monoisotopic (exact) mass is 221 g/mol. The second-order valence-electron chi connectivity index (χ2n) is 3.73. The summed E-state index contributed by atoms with van der Waals surface area (Å²) in [4.78, 5) is 11.9. The normalized spacial score (nSPS) is 11.3. The van der Waals surface area contributed by atoms with Gasteiger partial charge in [-0.2, -0.15) is 0 Å². The highest BCUT2D eigenvalue weighted by Crippen LogP contribution is 2.11. The van der Waals surface area contributed by atoms with Gasteiger partial charge in [-0.05, 0) is 36.4 Å². The van der Waals surface area contributed by atoms with Crippen LogP contribution in [-0.4, -0.2) is 15.0 Å². The van der Waals surface area contributed by atoms with Gasteiger partial charge in [0.25, 0.3) is 0 Å². The summed E-state index contributed by atoms with van der Waals surface area (Å²) in [6, 6.07) is 13.8. The first kappa shape index (κ1) is 9.78. The maximum atomic E-state index is 4.46. The molecule has 3 nitrogen and oxygen atoms in total. The summed E-state index contributed by atoms with van der Waals surface area (Å²) in [6.07, 6.45) is 5.65. The topological polar surface area (TPSA) is 41.6 Å². The van der Waals surface area contributed by atoms with Crippen LogP contribution in [0.5, 0.6) is 0 Å². The van der Waals surface area contributed by atoms with E-state index in [1.807, 2.05) is 54.6 Å². The average Bonchev–Trinajstić information content (AvgIpc) is 2.80. The molecule has 2 aromatic heterocycles. The third kappa shape index (κ3) is 2.08. The molecule has 0 spiro atoms. The number of rotatable bonds is 2. The highest BCUT2D eigenvalue weighted by Gasteiger charge is 1.97. The quantitative estimate of drug-likeness (QED) is 0.722. The smallest absolute Gasteiger partial charge is 0.131 e. The lowest BCUT2D eigenvalue weighted by molar-refractivity contribution is 1.28. The van der Waals surface area contributed by atoms with Crippen molar-refractivity contribution < 1.29 is 0 Å². The molecule has 1 aromatic carbocycles. The number of hydrogen-bond acceptors (Lipinski definition) is 2. The molecule has 1 N–H and O–H groups in total. The summed E-state index contributed by atoms with van der Waals surface area (Å²) in [6.45, 7) is 0. The van der Waals surface area contributed by atoms with E-state index in [1.54, 1.807) is 6.20 Å². The highest BCUT2D eigenvalue weighted by atomic mass is 14.9. The first-order valence-corrected chi connectivity index (χ1v) is 5.46. The van der Waals surface area contributed by atoms with Crippen LogP contribution < -0.4 is 0 Å². The fraction of sp³-hybridized carbons (Fsp3) is 0. The van der Waals surface area contributed by atoms with Crippen LogP contribution in [0.15, 0.2) is 48.7 Å². The van der Waals surface area contributed by atoms with Gasteiger partial charge in [-0.15, -0.1) is 0 Å². The molecule has 0 unspecified atom stereocenters. The van der Waals surface area contributed by atoms with Gasteiger partial charge in [-0.25, -0.2) is 4.98 Å². The van der Waals surface area contributed by atoms with Crippen LogP contribution in [0.25, 0.3) is 23.2 Å². The number of para-hydroxylation sites is 2. The Morgan fingerprint density at radius 1 is 0.941 bits per heavy atom. The number of H-pyrrole nitrogens is 1. The van der Waals surface area contributed by atoms with Gasteiger partial charge in [0.1, 0.15) is 5.82 Å². The summed E-state index contributed by atoms with van der Waals surface area (Å²) in [5.41, 5.74) is 2.95. The molecule has 0 fully saturated rings. The molecule has 0 aliphatic carbocycles. The second-order valence-corrected chi connectivity index (χ2v) is 3.73. The maximum absolute atomic E-state index is 4.46. The molecule has 2 heterocycles. The minimum atomic E-state index is 0.844. The van der Waals surface area contributed by atoms with Gasteiger partial charge in [0.2, 0.25) is 0 Å². The lowest BCUT2D eigenvalue weighted by Crippen LogP contribution is -1.78. The van der Waals surface area contributed by atoms with Crippen LogP contribution in [0.3, 0.4) is 0 Å². The molecule has 17 heavy (non-hydrogen) atoms. The van der Waals surface area contributed by atoms with E-state index >= 15 is 0 Å². The van der Waals surface area contributed by atoms with Gasteiger partial charge in [0.05, 0.1) is 16.7 Å². The zero-order chi connectivity index (χ0) is 11.5. The van der Waals surface area contributed by atoms with Crippen LogP contribution in [0, 0.1) is 0 Å². The summed E-state index contributed by atoms with van der Waals surface area (Å²) in [7, 11) is 0. The van der Waals surface area contributed by atoms with Gasteiger partial charge in [-0.1, -0.05) is 18.2 Å². The van der Waals surface area contributed by atoms with E-state index in [2.05, 4.69) is 15.0 Å². The number of pyridine rings is 1. The Morgan fingerprint density at radius 3 is 2.65 bits per heavy atom. The number of nitrogens with one attached hydrogen (secondary N) is 1. The predicted molar refractivity (Wildman–Crippen MR) is 69.3 cm³/mol. The first-order chi connectivity index (χ1) is 8.42. The Morgan fingerprint density at radius 2 is 1.82 bits per heavy atom. The van der Waals surface area contributed by atoms with Crippen molar-refractivity contribution in [3.63, 3.8) is 0 Å². The average molecular weight is 221 g/mol. The minimum absolute atomic E-state index is 0.844. The minimum Gasteiger partial charge on any atom is -0.338 e. The number of fused-ring (bicyclic) bond motifs is 1. The van der Waals surface area contributed by atoms with Crippen LogP contribution in [0.4, 0.5) is 0 Å². The Balaban J connectivity index is 1.92. The van der Waals surface area contributed by atoms with E-state index in [9.17, 15) is 0 Å². The lowest BCUT2D eigenvalue weighted by Gasteiger charge is -1.88. The first-order valence-electron chi connectivity index (χ1n) is 5.46. The molecule has 0 aliphatic heterocycles. The van der Waals surface area contributed by atoms with Crippen LogP contribution in [0.1, 0.15) is 11.5 Å². The number of aromatic nitrogens is 3. The molecule has 0 atom stereocenters. The third-order valence-corrected chi connectivity index (χ3v) is 2.51. The van der Waals surface area contributed by atoms with E-state index < -0.39 is 0 Å². The number of imidazole rings is 1. The summed E-state index contributed by atoms with van der Waals surface area (Å²) in [5.74, 6) is 0.844. The summed E-state index contributed by atoms with van der Waals surface area (Å²) >= 11 is 0. The zero-order valence-corrected chi connectivity index (χ0v) is 9.17. The van der Waals surface area contributed by atoms with E-state index in [0.717, 1.165) is 22.6 Å². The molecule has 0 radical (unpaired) electrons. The van der Waals surface area contributed by atoms with Crippen molar-refractivity contribution >= 4 is 23.2 Å². The van der Waals surface area contributed by atoms with Crippen molar-refractivity contribution in [3.05, 3.63) is 60.2 Å². The van der Waals surface area contributed by atoms with Crippen molar-refractivity contribution in [1.29, 1.82) is 0 Å². The third-order valence-electron chi connectivity index (χ3n) is 2.51. The molecular weight excluding hydrogens is 210 g/mol. The molecular formula is C14H11N3. The zero-order valence-electron chi connectivity index (χ0n) is 9.17. The fourth-order valence-electron chi connectivity index (χ4n) is 1.69. The van der Waals surface area contributed by atoms with E-state index in [4.69, 9.17) is 0 Å². The molecule has 0 saturated heterocycles. The largest absolute Gasteiger partial charge is 0.338 e. The maximum Gasteiger partial charge on any atom is 0.131 e. The van der Waals surface area contributed by atoms with Crippen molar-refractivity contribution in [3.8, 4) is 0 Å². The Labute approximate surface area is 98.9 Å². The predicted octanol–water partition coefficient (Wildman–Crippen LogP) is 3.13.